The molecular weight excluding hydrogens is 331 g/mol. The number of rotatable bonds is 3. The van der Waals surface area contributed by atoms with Crippen LogP contribution in [-0.4, -0.2) is 33.3 Å². The Labute approximate surface area is 143 Å². The molecule has 2 amide bonds. The molecule has 0 fully saturated rings. The lowest BCUT2D eigenvalue weighted by atomic mass is 10.2. The number of fused-ring (bicyclic) bond motifs is 1. The highest BCUT2D eigenvalue weighted by atomic mass is 32.2. The lowest BCUT2D eigenvalue weighted by molar-refractivity contribution is 0.248. The van der Waals surface area contributed by atoms with Crippen molar-refractivity contribution < 1.29 is 9.18 Å². The van der Waals surface area contributed by atoms with E-state index in [0.717, 1.165) is 11.6 Å². The Balaban J connectivity index is 2.10. The van der Waals surface area contributed by atoms with E-state index >= 15 is 0 Å². The van der Waals surface area contributed by atoms with Crippen molar-refractivity contribution in [3.05, 3.63) is 29.8 Å². The summed E-state index contributed by atoms with van der Waals surface area (Å²) in [7, 11) is 0. The number of carbonyl (C=O) groups is 1. The lowest BCUT2D eigenvalue weighted by Gasteiger charge is -2.37. The molecule has 9 heteroatoms. The minimum Gasteiger partial charge on any atom is -0.397 e. The second kappa shape index (κ2) is 6.23. The molecule has 0 atom stereocenters. The molecule has 0 aliphatic carbocycles. The molecule has 1 aliphatic heterocycles. The maximum absolute atomic E-state index is 14.2. The molecule has 0 saturated carbocycles. The third kappa shape index (κ3) is 2.75. The third-order valence-corrected chi connectivity index (χ3v) is 4.17. The number of carbonyl (C=O) groups excluding carboxylic acids is 1. The van der Waals surface area contributed by atoms with Gasteiger partial charge in [0.1, 0.15) is 5.82 Å². The first-order valence-electron chi connectivity index (χ1n) is 7.34. The molecule has 3 rings (SSSR count). The number of hydrogen-bond acceptors (Lipinski definition) is 6. The molecule has 24 heavy (non-hydrogen) atoms. The number of nitrogens with zero attached hydrogens (tertiary/aromatic N) is 5. The summed E-state index contributed by atoms with van der Waals surface area (Å²) in [5.74, 6) is -0.141. The summed E-state index contributed by atoms with van der Waals surface area (Å²) in [4.78, 5) is 28.4. The quantitative estimate of drug-likeness (QED) is 0.678. The van der Waals surface area contributed by atoms with Gasteiger partial charge in [-0.1, -0.05) is 11.8 Å². The fourth-order valence-corrected chi connectivity index (χ4v) is 2.87. The number of urea groups is 1. The number of thioether (sulfide) groups is 1. The maximum Gasteiger partial charge on any atom is 0.331 e. The van der Waals surface area contributed by atoms with E-state index in [2.05, 4.69) is 15.0 Å². The Morgan fingerprint density at radius 1 is 1.29 bits per heavy atom. The first kappa shape index (κ1) is 16.4. The number of pyridine rings is 1. The zero-order chi connectivity index (χ0) is 17.4. The normalized spacial score (nSPS) is 14.3. The van der Waals surface area contributed by atoms with Crippen molar-refractivity contribution in [2.75, 3.05) is 21.8 Å². The highest BCUT2D eigenvalue weighted by molar-refractivity contribution is 7.98. The van der Waals surface area contributed by atoms with Crippen molar-refractivity contribution in [1.29, 1.82) is 0 Å². The molecule has 2 aromatic rings. The van der Waals surface area contributed by atoms with Gasteiger partial charge in [0.15, 0.2) is 16.8 Å². The Hall–Kier alpha value is -2.42. The maximum atomic E-state index is 14.2. The number of halogens is 1. The number of nitrogens with two attached hydrogens (primary N) is 1. The number of amides is 2. The van der Waals surface area contributed by atoms with E-state index < -0.39 is 5.82 Å². The smallest absolute Gasteiger partial charge is 0.331 e. The molecule has 2 N–H and O–H groups in total. The van der Waals surface area contributed by atoms with Gasteiger partial charge >= 0.3 is 6.03 Å². The van der Waals surface area contributed by atoms with Gasteiger partial charge in [-0.3, -0.25) is 9.80 Å². The fourth-order valence-electron chi connectivity index (χ4n) is 2.53. The van der Waals surface area contributed by atoms with Crippen molar-refractivity contribution in [3.8, 4) is 0 Å². The summed E-state index contributed by atoms with van der Waals surface area (Å²) in [6, 6.07) is 0.623. The van der Waals surface area contributed by atoms with Crippen LogP contribution < -0.4 is 15.5 Å². The highest BCUT2D eigenvalue weighted by Crippen LogP contribution is 2.32. The van der Waals surface area contributed by atoms with E-state index in [4.69, 9.17) is 5.73 Å². The van der Waals surface area contributed by atoms with Gasteiger partial charge in [-0.25, -0.2) is 24.1 Å². The van der Waals surface area contributed by atoms with E-state index in [-0.39, 0.29) is 30.1 Å². The van der Waals surface area contributed by atoms with Crippen molar-refractivity contribution in [2.45, 2.75) is 31.6 Å². The molecule has 0 radical (unpaired) electrons. The van der Waals surface area contributed by atoms with Crippen LogP contribution in [0, 0.1) is 5.82 Å². The van der Waals surface area contributed by atoms with Crippen LogP contribution in [0.15, 0.2) is 23.6 Å². The average Bonchev–Trinajstić information content (AvgIpc) is 2.53. The Morgan fingerprint density at radius 2 is 2.04 bits per heavy atom. The third-order valence-electron chi connectivity index (χ3n) is 3.61. The second-order valence-electron chi connectivity index (χ2n) is 5.61. The molecule has 2 aromatic heterocycles. The standard InChI is InChI=1S/C15H17FN6OS/c1-8(2)22-12-9(5-19-14(20-12)24-3)7-21(15(22)23)13-11(16)4-10(17)6-18-13/h4-6,8H,7,17H2,1-3H3. The predicted octanol–water partition coefficient (Wildman–Crippen LogP) is 2.67. The minimum absolute atomic E-state index is 0.0561. The van der Waals surface area contributed by atoms with Gasteiger partial charge in [0.05, 0.1) is 18.4 Å². The fraction of sp³-hybridized carbons (Fsp3) is 0.333. The van der Waals surface area contributed by atoms with Crippen LogP contribution in [-0.2, 0) is 6.54 Å². The second-order valence-corrected chi connectivity index (χ2v) is 6.39. The Morgan fingerprint density at radius 3 is 2.67 bits per heavy atom. The number of hydrogen-bond donors (Lipinski definition) is 1. The zero-order valence-electron chi connectivity index (χ0n) is 13.5. The summed E-state index contributed by atoms with van der Waals surface area (Å²) in [6.45, 7) is 3.90. The van der Waals surface area contributed by atoms with Crippen LogP contribution in [0.25, 0.3) is 0 Å². The van der Waals surface area contributed by atoms with Gasteiger partial charge in [-0.2, -0.15) is 0 Å². The van der Waals surface area contributed by atoms with Crippen LogP contribution >= 0.6 is 11.8 Å². The minimum atomic E-state index is -0.642. The molecule has 0 unspecified atom stereocenters. The van der Waals surface area contributed by atoms with Crippen LogP contribution in [0.5, 0.6) is 0 Å². The van der Waals surface area contributed by atoms with E-state index in [1.54, 1.807) is 6.20 Å². The summed E-state index contributed by atoms with van der Waals surface area (Å²) < 4.78 is 14.2. The predicted molar refractivity (Wildman–Crippen MR) is 91.6 cm³/mol. The molecule has 0 saturated heterocycles. The van der Waals surface area contributed by atoms with Crippen LogP contribution in [0.4, 0.5) is 26.5 Å². The molecule has 0 aromatic carbocycles. The van der Waals surface area contributed by atoms with Crippen LogP contribution in [0.1, 0.15) is 19.4 Å². The molecular formula is C15H17FN6OS. The van der Waals surface area contributed by atoms with Crippen molar-refractivity contribution in [1.82, 2.24) is 15.0 Å². The van der Waals surface area contributed by atoms with Crippen molar-refractivity contribution in [3.63, 3.8) is 0 Å². The first-order valence-corrected chi connectivity index (χ1v) is 8.56. The largest absolute Gasteiger partial charge is 0.397 e. The van der Waals surface area contributed by atoms with Crippen molar-refractivity contribution >= 4 is 35.1 Å². The topological polar surface area (TPSA) is 88.2 Å². The monoisotopic (exact) mass is 348 g/mol. The molecule has 126 valence electrons. The lowest BCUT2D eigenvalue weighted by Crippen LogP contribution is -2.51. The van der Waals surface area contributed by atoms with E-state index in [0.29, 0.717) is 11.0 Å². The zero-order valence-corrected chi connectivity index (χ0v) is 14.3. The first-order chi connectivity index (χ1) is 11.4. The Kier molecular flexibility index (Phi) is 4.27. The van der Waals surface area contributed by atoms with Crippen molar-refractivity contribution in [2.24, 2.45) is 0 Å². The Bertz CT molecular complexity index is 800. The van der Waals surface area contributed by atoms with E-state index in [1.807, 2.05) is 20.1 Å². The summed E-state index contributed by atoms with van der Waals surface area (Å²) >= 11 is 1.40. The van der Waals surface area contributed by atoms with E-state index in [1.165, 1.54) is 27.8 Å². The number of aromatic nitrogens is 3. The van der Waals surface area contributed by atoms with Gasteiger partial charge < -0.3 is 5.73 Å². The van der Waals surface area contributed by atoms with Gasteiger partial charge in [-0.05, 0) is 20.1 Å². The number of anilines is 3. The molecule has 7 nitrogen and oxygen atoms in total. The number of nitrogen functional groups attached to an aromatic ring is 1. The summed E-state index contributed by atoms with van der Waals surface area (Å²) in [5, 5.41) is 0.581. The average molecular weight is 348 g/mol. The summed E-state index contributed by atoms with van der Waals surface area (Å²) in [6.07, 6.45) is 4.86. The van der Waals surface area contributed by atoms with Gasteiger partial charge in [0.25, 0.3) is 0 Å². The SMILES string of the molecule is CSc1ncc2c(n1)N(C(C)C)C(=O)N(c1ncc(N)cc1F)C2. The molecule has 3 heterocycles. The summed E-state index contributed by atoms with van der Waals surface area (Å²) in [5.41, 5.74) is 6.48. The van der Waals surface area contributed by atoms with Gasteiger partial charge in [0.2, 0.25) is 0 Å². The molecule has 0 spiro atoms. The van der Waals surface area contributed by atoms with Crippen LogP contribution in [0.2, 0.25) is 0 Å². The molecule has 1 aliphatic rings. The van der Waals surface area contributed by atoms with Gasteiger partial charge in [0, 0.05) is 23.9 Å². The van der Waals surface area contributed by atoms with Crippen LogP contribution in [0.3, 0.4) is 0 Å². The van der Waals surface area contributed by atoms with E-state index in [9.17, 15) is 9.18 Å². The molecule has 0 bridgehead atoms. The van der Waals surface area contributed by atoms with Gasteiger partial charge in [-0.15, -0.1) is 0 Å². The highest BCUT2D eigenvalue weighted by Gasteiger charge is 2.36.